The summed E-state index contributed by atoms with van der Waals surface area (Å²) < 4.78 is 49.9. The van der Waals surface area contributed by atoms with Crippen LogP contribution in [0.15, 0.2) is 23.2 Å². The third-order valence-electron chi connectivity index (χ3n) is 1.84. The van der Waals surface area contributed by atoms with E-state index in [1.54, 1.807) is 0 Å². The molecule has 0 aromatic heterocycles. The van der Waals surface area contributed by atoms with Crippen LogP contribution in [0.25, 0.3) is 0 Å². The molecule has 18 heavy (non-hydrogen) atoms. The lowest BCUT2D eigenvalue weighted by Gasteiger charge is -2.10. The number of aliphatic imine (C=N–C) groups is 1. The number of isocyanates is 1. The third-order valence-corrected chi connectivity index (χ3v) is 1.84. The molecule has 1 N–H and O–H groups in total. The van der Waals surface area contributed by atoms with Gasteiger partial charge in [-0.15, -0.1) is 0 Å². The minimum absolute atomic E-state index is 0.241. The molecule has 0 unspecified atom stereocenters. The molecular formula is C10H6F4N2O2. The lowest BCUT2D eigenvalue weighted by molar-refractivity contribution is -0.140. The van der Waals surface area contributed by atoms with Gasteiger partial charge in [-0.1, -0.05) is 0 Å². The van der Waals surface area contributed by atoms with Crippen LogP contribution >= 0.6 is 0 Å². The topological polar surface area (TPSA) is 58.5 Å². The Labute approximate surface area is 98.3 Å². The number of hydrogen-bond donors (Lipinski definition) is 1. The Hall–Kier alpha value is -2.21. The van der Waals surface area contributed by atoms with Crippen molar-refractivity contribution in [3.05, 3.63) is 29.6 Å². The summed E-state index contributed by atoms with van der Waals surface area (Å²) in [4.78, 5) is 23.7. The molecule has 0 aliphatic carbocycles. The van der Waals surface area contributed by atoms with Gasteiger partial charge in [0.05, 0.1) is 5.56 Å². The van der Waals surface area contributed by atoms with Gasteiger partial charge >= 0.3 is 6.18 Å². The van der Waals surface area contributed by atoms with E-state index in [4.69, 9.17) is 0 Å². The molecule has 0 saturated carbocycles. The molecule has 0 aliphatic rings. The Morgan fingerprint density at radius 3 is 2.61 bits per heavy atom. The maximum absolute atomic E-state index is 12.9. The molecule has 1 rings (SSSR count). The van der Waals surface area contributed by atoms with E-state index in [0.29, 0.717) is 12.1 Å². The molecule has 0 aliphatic heterocycles. The maximum Gasteiger partial charge on any atom is 0.419 e. The first-order valence-corrected chi connectivity index (χ1v) is 4.55. The van der Waals surface area contributed by atoms with Crippen molar-refractivity contribution in [2.45, 2.75) is 6.18 Å². The van der Waals surface area contributed by atoms with Crippen molar-refractivity contribution in [2.75, 3.05) is 11.9 Å². The van der Waals surface area contributed by atoms with Gasteiger partial charge in [0.1, 0.15) is 12.4 Å². The quantitative estimate of drug-likeness (QED) is 0.515. The Kier molecular flexibility index (Phi) is 4.17. The SMILES string of the molecule is O=C=NCC(=O)Nc1ccc(F)c(C(F)(F)F)c1. The Balaban J connectivity index is 2.92. The second kappa shape index (κ2) is 5.42. The number of nitrogens with one attached hydrogen (secondary N) is 1. The summed E-state index contributed by atoms with van der Waals surface area (Å²) in [5.74, 6) is -2.25. The number of hydrogen-bond acceptors (Lipinski definition) is 3. The lowest BCUT2D eigenvalue weighted by atomic mass is 10.2. The monoisotopic (exact) mass is 262 g/mol. The van der Waals surface area contributed by atoms with Gasteiger partial charge < -0.3 is 5.32 Å². The summed E-state index contributed by atoms with van der Waals surface area (Å²) in [7, 11) is 0. The van der Waals surface area contributed by atoms with E-state index in [2.05, 4.69) is 4.99 Å². The van der Waals surface area contributed by atoms with Crippen molar-refractivity contribution >= 4 is 17.7 Å². The van der Waals surface area contributed by atoms with Crippen molar-refractivity contribution in [1.82, 2.24) is 0 Å². The minimum atomic E-state index is -4.86. The highest BCUT2D eigenvalue weighted by Crippen LogP contribution is 2.32. The average molecular weight is 262 g/mol. The van der Waals surface area contributed by atoms with Crippen LogP contribution in [0.4, 0.5) is 23.2 Å². The number of carbonyl (C=O) groups is 1. The van der Waals surface area contributed by atoms with Gasteiger partial charge in [0.25, 0.3) is 0 Å². The molecule has 0 radical (unpaired) electrons. The number of halogens is 4. The Morgan fingerprint density at radius 2 is 2.06 bits per heavy atom. The van der Waals surface area contributed by atoms with Crippen LogP contribution in [0.2, 0.25) is 0 Å². The van der Waals surface area contributed by atoms with Gasteiger partial charge in [-0.3, -0.25) is 4.79 Å². The number of rotatable bonds is 3. The number of benzene rings is 1. The normalized spacial score (nSPS) is 10.7. The van der Waals surface area contributed by atoms with E-state index < -0.39 is 30.0 Å². The van der Waals surface area contributed by atoms with Crippen molar-refractivity contribution in [3.63, 3.8) is 0 Å². The highest BCUT2D eigenvalue weighted by molar-refractivity contribution is 5.92. The molecule has 8 heteroatoms. The first kappa shape index (κ1) is 13.9. The number of carbonyl (C=O) groups excluding carboxylic acids is 2. The van der Waals surface area contributed by atoms with E-state index >= 15 is 0 Å². The maximum atomic E-state index is 12.9. The van der Waals surface area contributed by atoms with Gasteiger partial charge in [0.15, 0.2) is 0 Å². The van der Waals surface area contributed by atoms with Crippen LogP contribution in [0.3, 0.4) is 0 Å². The molecule has 1 amide bonds. The van der Waals surface area contributed by atoms with E-state index in [1.807, 2.05) is 5.32 Å². The summed E-state index contributed by atoms with van der Waals surface area (Å²) >= 11 is 0. The van der Waals surface area contributed by atoms with Gasteiger partial charge in [0, 0.05) is 5.69 Å². The predicted octanol–water partition coefficient (Wildman–Crippen LogP) is 2.12. The minimum Gasteiger partial charge on any atom is -0.324 e. The smallest absolute Gasteiger partial charge is 0.324 e. The molecule has 4 nitrogen and oxygen atoms in total. The molecule has 1 aromatic rings. The molecule has 96 valence electrons. The van der Waals surface area contributed by atoms with Gasteiger partial charge in [-0.05, 0) is 18.2 Å². The summed E-state index contributed by atoms with van der Waals surface area (Å²) in [6.45, 7) is -0.567. The zero-order valence-corrected chi connectivity index (χ0v) is 8.71. The fraction of sp³-hybridized carbons (Fsp3) is 0.200. The average Bonchev–Trinajstić information content (AvgIpc) is 2.27. The Bertz CT molecular complexity index is 507. The summed E-state index contributed by atoms with van der Waals surface area (Å²) in [6.07, 6.45) is -3.75. The number of anilines is 1. The first-order chi connectivity index (χ1) is 8.34. The van der Waals surface area contributed by atoms with Crippen molar-refractivity contribution < 1.29 is 27.2 Å². The molecule has 0 saturated heterocycles. The van der Waals surface area contributed by atoms with Crippen LogP contribution in [-0.4, -0.2) is 18.5 Å². The van der Waals surface area contributed by atoms with Crippen LogP contribution < -0.4 is 5.32 Å². The molecule has 0 fully saturated rings. The van der Waals surface area contributed by atoms with Gasteiger partial charge in [0.2, 0.25) is 12.0 Å². The second-order valence-electron chi connectivity index (χ2n) is 3.15. The second-order valence-corrected chi connectivity index (χ2v) is 3.15. The fourth-order valence-electron chi connectivity index (χ4n) is 1.12. The molecule has 0 bridgehead atoms. The lowest BCUT2D eigenvalue weighted by Crippen LogP contribution is -2.16. The molecule has 1 aromatic carbocycles. The summed E-state index contributed by atoms with van der Waals surface area (Å²) in [5.41, 5.74) is -1.73. The third kappa shape index (κ3) is 3.67. The predicted molar refractivity (Wildman–Crippen MR) is 53.0 cm³/mol. The zero-order valence-electron chi connectivity index (χ0n) is 8.71. The van der Waals surface area contributed by atoms with Gasteiger partial charge in [-0.2, -0.15) is 18.2 Å². The standard InChI is InChI=1S/C10H6F4N2O2/c11-8-2-1-6(3-7(8)10(12,13)14)16-9(18)4-15-5-17/h1-3H,4H2,(H,16,18). The van der Waals surface area contributed by atoms with E-state index in [9.17, 15) is 27.2 Å². The van der Waals surface area contributed by atoms with Crippen LogP contribution in [-0.2, 0) is 15.8 Å². The van der Waals surface area contributed by atoms with E-state index in [0.717, 1.165) is 12.1 Å². The largest absolute Gasteiger partial charge is 0.419 e. The highest BCUT2D eigenvalue weighted by Gasteiger charge is 2.34. The van der Waals surface area contributed by atoms with Gasteiger partial charge in [-0.25, -0.2) is 9.18 Å². The molecule has 0 heterocycles. The van der Waals surface area contributed by atoms with Crippen LogP contribution in [0.5, 0.6) is 0 Å². The van der Waals surface area contributed by atoms with Crippen LogP contribution in [0, 0.1) is 5.82 Å². The van der Waals surface area contributed by atoms with Crippen molar-refractivity contribution in [1.29, 1.82) is 0 Å². The number of nitrogens with zero attached hydrogens (tertiary/aromatic N) is 1. The fourth-order valence-corrected chi connectivity index (χ4v) is 1.12. The van der Waals surface area contributed by atoms with Crippen molar-refractivity contribution in [2.24, 2.45) is 4.99 Å². The molecule has 0 spiro atoms. The summed E-state index contributed by atoms with van der Waals surface area (Å²) in [6, 6.07) is 2.01. The summed E-state index contributed by atoms with van der Waals surface area (Å²) in [5, 5.41) is 2.04. The first-order valence-electron chi connectivity index (χ1n) is 4.55. The molecular weight excluding hydrogens is 256 g/mol. The highest BCUT2D eigenvalue weighted by atomic mass is 19.4. The van der Waals surface area contributed by atoms with E-state index in [-0.39, 0.29) is 5.69 Å². The Morgan fingerprint density at radius 1 is 1.39 bits per heavy atom. The number of alkyl halides is 3. The van der Waals surface area contributed by atoms with E-state index in [1.165, 1.54) is 0 Å². The molecule has 0 atom stereocenters. The van der Waals surface area contributed by atoms with Crippen molar-refractivity contribution in [3.8, 4) is 0 Å². The number of amides is 1. The zero-order chi connectivity index (χ0) is 13.8. The van der Waals surface area contributed by atoms with Crippen LogP contribution in [0.1, 0.15) is 5.56 Å².